The highest BCUT2D eigenvalue weighted by Crippen LogP contribution is 2.27. The highest BCUT2D eigenvalue weighted by molar-refractivity contribution is 5.56. The van der Waals surface area contributed by atoms with Crippen molar-refractivity contribution in [3.8, 4) is 0 Å². The lowest BCUT2D eigenvalue weighted by Crippen LogP contribution is -2.25. The predicted molar refractivity (Wildman–Crippen MR) is 84.6 cm³/mol. The van der Waals surface area contributed by atoms with Crippen LogP contribution < -0.4 is 10.6 Å². The van der Waals surface area contributed by atoms with Crippen molar-refractivity contribution in [2.75, 3.05) is 23.7 Å². The maximum Gasteiger partial charge on any atom is 0.329 e. The fourth-order valence-corrected chi connectivity index (χ4v) is 1.52. The molecule has 7 heteroatoms. The third-order valence-electron chi connectivity index (χ3n) is 3.55. The van der Waals surface area contributed by atoms with Crippen LogP contribution in [0.2, 0.25) is 0 Å². The van der Waals surface area contributed by atoms with Gasteiger partial charge in [0.05, 0.1) is 4.92 Å². The van der Waals surface area contributed by atoms with E-state index in [9.17, 15) is 10.1 Å². The van der Waals surface area contributed by atoms with Gasteiger partial charge in [-0.3, -0.25) is 10.1 Å². The summed E-state index contributed by atoms with van der Waals surface area (Å²) in [6.45, 7) is 11.9. The van der Waals surface area contributed by atoms with Crippen LogP contribution in [-0.2, 0) is 0 Å². The first-order valence-corrected chi connectivity index (χ1v) is 7.24. The summed E-state index contributed by atoms with van der Waals surface area (Å²) in [5, 5.41) is 17.2. The zero-order valence-electron chi connectivity index (χ0n) is 13.4. The molecule has 0 aliphatic heterocycles. The molecule has 0 saturated heterocycles. The molecular formula is C14H25N5O2. The summed E-state index contributed by atoms with van der Waals surface area (Å²) in [6.07, 6.45) is 2.18. The maximum absolute atomic E-state index is 11.1. The molecular weight excluding hydrogens is 270 g/mol. The van der Waals surface area contributed by atoms with Crippen LogP contribution in [0.25, 0.3) is 0 Å². The van der Waals surface area contributed by atoms with Crippen LogP contribution in [0, 0.1) is 21.4 Å². The van der Waals surface area contributed by atoms with E-state index >= 15 is 0 Å². The lowest BCUT2D eigenvalue weighted by molar-refractivity contribution is -0.384. The summed E-state index contributed by atoms with van der Waals surface area (Å²) < 4.78 is 0. The Labute approximate surface area is 125 Å². The Balaban J connectivity index is 2.88. The van der Waals surface area contributed by atoms with Crippen molar-refractivity contribution in [3.05, 3.63) is 16.3 Å². The van der Waals surface area contributed by atoms with Crippen LogP contribution in [0.3, 0.4) is 0 Å². The second-order valence-corrected chi connectivity index (χ2v) is 6.26. The molecule has 1 atom stereocenters. The molecule has 0 amide bonds. The third-order valence-corrected chi connectivity index (χ3v) is 3.55. The molecule has 1 aromatic heterocycles. The number of hydrogen-bond donors (Lipinski definition) is 2. The fraction of sp³-hybridized carbons (Fsp3) is 0.714. The van der Waals surface area contributed by atoms with E-state index in [4.69, 9.17) is 0 Å². The Morgan fingerprint density at radius 2 is 2.05 bits per heavy atom. The molecule has 0 aliphatic carbocycles. The average Bonchev–Trinajstić information content (AvgIpc) is 2.41. The molecule has 0 aliphatic rings. The maximum atomic E-state index is 11.1. The molecule has 2 N–H and O–H groups in total. The number of aromatic nitrogens is 2. The van der Waals surface area contributed by atoms with Gasteiger partial charge in [0.2, 0.25) is 11.8 Å². The molecule has 21 heavy (non-hydrogen) atoms. The van der Waals surface area contributed by atoms with E-state index < -0.39 is 4.92 Å². The fourth-order valence-electron chi connectivity index (χ4n) is 1.52. The molecule has 0 fully saturated rings. The van der Waals surface area contributed by atoms with Gasteiger partial charge in [-0.25, -0.2) is 4.98 Å². The minimum atomic E-state index is -0.465. The van der Waals surface area contributed by atoms with E-state index in [0.717, 1.165) is 13.0 Å². The molecule has 0 aromatic carbocycles. The molecule has 1 rings (SSSR count). The van der Waals surface area contributed by atoms with Crippen LogP contribution >= 0.6 is 0 Å². The van der Waals surface area contributed by atoms with Crippen molar-refractivity contribution in [1.29, 1.82) is 0 Å². The van der Waals surface area contributed by atoms with E-state index in [-0.39, 0.29) is 16.9 Å². The monoisotopic (exact) mass is 295 g/mol. The van der Waals surface area contributed by atoms with E-state index in [1.54, 1.807) is 0 Å². The second-order valence-electron chi connectivity index (χ2n) is 6.26. The van der Waals surface area contributed by atoms with Crippen molar-refractivity contribution in [1.82, 2.24) is 9.97 Å². The quantitative estimate of drug-likeness (QED) is 0.592. The van der Waals surface area contributed by atoms with Gasteiger partial charge in [0.15, 0.2) is 0 Å². The van der Waals surface area contributed by atoms with E-state index in [1.165, 1.54) is 6.20 Å². The molecule has 7 nitrogen and oxygen atoms in total. The first-order chi connectivity index (χ1) is 9.75. The summed E-state index contributed by atoms with van der Waals surface area (Å²) in [5.41, 5.74) is 0.0242. The minimum Gasteiger partial charge on any atom is -0.364 e. The normalized spacial score (nSPS) is 12.8. The Morgan fingerprint density at radius 3 is 2.57 bits per heavy atom. The zero-order chi connectivity index (χ0) is 16.0. The summed E-state index contributed by atoms with van der Waals surface area (Å²) in [5.74, 6) is 1.03. The lowest BCUT2D eigenvalue weighted by Gasteiger charge is -2.27. The largest absolute Gasteiger partial charge is 0.364 e. The van der Waals surface area contributed by atoms with Crippen molar-refractivity contribution < 1.29 is 4.92 Å². The van der Waals surface area contributed by atoms with Gasteiger partial charge >= 0.3 is 5.69 Å². The van der Waals surface area contributed by atoms with Crippen LogP contribution in [0.4, 0.5) is 17.5 Å². The number of nitro groups is 1. The Bertz CT molecular complexity index is 485. The molecule has 1 unspecified atom stereocenters. The van der Waals surface area contributed by atoms with Gasteiger partial charge in [-0.05, 0) is 17.8 Å². The highest BCUT2D eigenvalue weighted by Gasteiger charge is 2.22. The molecule has 1 heterocycles. The Kier molecular flexibility index (Phi) is 5.87. The van der Waals surface area contributed by atoms with E-state index in [0.29, 0.717) is 18.4 Å². The Morgan fingerprint density at radius 1 is 1.38 bits per heavy atom. The average molecular weight is 295 g/mol. The summed E-state index contributed by atoms with van der Waals surface area (Å²) >= 11 is 0. The topological polar surface area (TPSA) is 93.0 Å². The molecule has 0 radical (unpaired) electrons. The van der Waals surface area contributed by atoms with Gasteiger partial charge < -0.3 is 10.6 Å². The van der Waals surface area contributed by atoms with E-state index in [1.807, 2.05) is 6.92 Å². The summed E-state index contributed by atoms with van der Waals surface area (Å²) in [7, 11) is 0. The zero-order valence-corrected chi connectivity index (χ0v) is 13.4. The van der Waals surface area contributed by atoms with Gasteiger partial charge in [0.1, 0.15) is 6.20 Å². The first kappa shape index (κ1) is 17.1. The lowest BCUT2D eigenvalue weighted by atomic mass is 9.82. The molecule has 118 valence electrons. The minimum absolute atomic E-state index is 0.0989. The predicted octanol–water partition coefficient (Wildman–Crippen LogP) is 3.30. The van der Waals surface area contributed by atoms with E-state index in [2.05, 4.69) is 48.3 Å². The van der Waals surface area contributed by atoms with Crippen LogP contribution in [0.1, 0.15) is 41.0 Å². The van der Waals surface area contributed by atoms with Crippen molar-refractivity contribution >= 4 is 17.5 Å². The molecule has 0 bridgehead atoms. The Hall–Kier alpha value is -1.92. The smallest absolute Gasteiger partial charge is 0.329 e. The molecule has 1 aromatic rings. The number of hydrogen-bond acceptors (Lipinski definition) is 6. The number of nitrogens with one attached hydrogen (secondary N) is 2. The summed E-state index contributed by atoms with van der Waals surface area (Å²) in [4.78, 5) is 18.8. The number of nitrogens with zero attached hydrogens (tertiary/aromatic N) is 3. The second kappa shape index (κ2) is 7.19. The first-order valence-electron chi connectivity index (χ1n) is 7.24. The van der Waals surface area contributed by atoms with Gasteiger partial charge in [-0.15, -0.1) is 0 Å². The van der Waals surface area contributed by atoms with Crippen molar-refractivity contribution in [2.24, 2.45) is 11.3 Å². The van der Waals surface area contributed by atoms with Gasteiger partial charge in [0.25, 0.3) is 0 Å². The SMILES string of the molecule is CCCNc1ncc([N+](=O)[O-])c(NCC(C)C(C)(C)C)n1. The number of anilines is 2. The van der Waals surface area contributed by atoms with Crippen LogP contribution in [0.5, 0.6) is 0 Å². The van der Waals surface area contributed by atoms with Gasteiger partial charge in [-0.2, -0.15) is 4.98 Å². The molecule has 0 saturated carbocycles. The van der Waals surface area contributed by atoms with Crippen LogP contribution in [0.15, 0.2) is 6.20 Å². The summed E-state index contributed by atoms with van der Waals surface area (Å²) in [6, 6.07) is 0. The number of rotatable bonds is 7. The van der Waals surface area contributed by atoms with Gasteiger partial charge in [-0.1, -0.05) is 34.6 Å². The van der Waals surface area contributed by atoms with Gasteiger partial charge in [0, 0.05) is 13.1 Å². The van der Waals surface area contributed by atoms with Crippen molar-refractivity contribution in [3.63, 3.8) is 0 Å². The highest BCUT2D eigenvalue weighted by atomic mass is 16.6. The standard InChI is InChI=1S/C14H25N5O2/c1-6-7-15-13-17-9-11(19(20)21)12(18-13)16-8-10(2)14(3,4)5/h9-10H,6-8H2,1-5H3,(H2,15,16,17,18). The molecule has 0 spiro atoms. The van der Waals surface area contributed by atoms with Crippen molar-refractivity contribution in [2.45, 2.75) is 41.0 Å². The van der Waals surface area contributed by atoms with Crippen LogP contribution in [-0.4, -0.2) is 28.0 Å². The third kappa shape index (κ3) is 5.17.